The van der Waals surface area contributed by atoms with Gasteiger partial charge < -0.3 is 0 Å². The number of benzene rings is 2. The van der Waals surface area contributed by atoms with Gasteiger partial charge in [0.05, 0.1) is 5.38 Å². The second kappa shape index (κ2) is 5.76. The maximum atomic E-state index is 13.4. The maximum absolute atomic E-state index is 13.4. The lowest BCUT2D eigenvalue weighted by atomic mass is 10.0. The summed E-state index contributed by atoms with van der Waals surface area (Å²) in [7, 11) is 0. The summed E-state index contributed by atoms with van der Waals surface area (Å²) in [5.41, 5.74) is 1.74. The van der Waals surface area contributed by atoms with Crippen LogP contribution in [0.2, 0.25) is 0 Å². The number of fused-ring (bicyclic) bond motifs is 1. The standard InChI is InChI=1S/C15H8Br2ClFS/c16-12-5-4-8(19)6-10(12)14(18)11-7-20-15-9(11)2-1-3-13(15)17/h1-7,14H. The quantitative estimate of drug-likeness (QED) is 0.385. The summed E-state index contributed by atoms with van der Waals surface area (Å²) in [5, 5.41) is 2.74. The third-order valence-electron chi connectivity index (χ3n) is 3.09. The van der Waals surface area contributed by atoms with E-state index in [-0.39, 0.29) is 11.2 Å². The molecule has 5 heteroatoms. The van der Waals surface area contributed by atoms with Crippen molar-refractivity contribution in [2.24, 2.45) is 0 Å². The van der Waals surface area contributed by atoms with E-state index in [1.54, 1.807) is 17.4 Å². The highest BCUT2D eigenvalue weighted by atomic mass is 79.9. The largest absolute Gasteiger partial charge is 0.207 e. The second-order valence-corrected chi connectivity index (χ2v) is 7.36. The lowest BCUT2D eigenvalue weighted by Gasteiger charge is -2.12. The highest BCUT2D eigenvalue weighted by Gasteiger charge is 2.19. The Kier molecular flexibility index (Phi) is 4.18. The van der Waals surface area contributed by atoms with E-state index in [1.807, 2.05) is 23.6 Å². The fourth-order valence-electron chi connectivity index (χ4n) is 2.11. The topological polar surface area (TPSA) is 0 Å². The molecular weight excluding hydrogens is 426 g/mol. The van der Waals surface area contributed by atoms with Gasteiger partial charge in [-0.1, -0.05) is 28.1 Å². The first kappa shape index (κ1) is 14.5. The number of hydrogen-bond acceptors (Lipinski definition) is 1. The average molecular weight is 435 g/mol. The number of halogens is 4. The lowest BCUT2D eigenvalue weighted by molar-refractivity contribution is 0.625. The minimum Gasteiger partial charge on any atom is -0.207 e. The molecule has 0 spiro atoms. The van der Waals surface area contributed by atoms with Crippen molar-refractivity contribution in [3.63, 3.8) is 0 Å². The van der Waals surface area contributed by atoms with Crippen LogP contribution in [0.15, 0.2) is 50.7 Å². The summed E-state index contributed by atoms with van der Waals surface area (Å²) in [6.45, 7) is 0. The van der Waals surface area contributed by atoms with E-state index in [0.29, 0.717) is 0 Å². The van der Waals surface area contributed by atoms with Crippen LogP contribution in [0.1, 0.15) is 16.5 Å². The van der Waals surface area contributed by atoms with Crippen LogP contribution in [0.4, 0.5) is 4.39 Å². The summed E-state index contributed by atoms with van der Waals surface area (Å²) in [5.74, 6) is -0.283. The van der Waals surface area contributed by atoms with Crippen molar-refractivity contribution in [3.8, 4) is 0 Å². The summed E-state index contributed by atoms with van der Waals surface area (Å²) >= 11 is 15.2. The SMILES string of the molecule is Fc1ccc(Br)c(C(Cl)c2csc3c(Br)cccc23)c1. The fourth-order valence-corrected chi connectivity index (χ4v) is 4.81. The molecular formula is C15H8Br2ClFS. The normalized spacial score (nSPS) is 12.8. The maximum Gasteiger partial charge on any atom is 0.123 e. The van der Waals surface area contributed by atoms with Gasteiger partial charge >= 0.3 is 0 Å². The van der Waals surface area contributed by atoms with E-state index in [0.717, 1.165) is 30.2 Å². The van der Waals surface area contributed by atoms with Gasteiger partial charge in [-0.15, -0.1) is 22.9 Å². The molecule has 0 saturated carbocycles. The van der Waals surface area contributed by atoms with Crippen LogP contribution >= 0.6 is 54.8 Å². The Balaban J connectivity index is 2.15. The molecule has 1 heterocycles. The molecule has 3 aromatic rings. The monoisotopic (exact) mass is 432 g/mol. The van der Waals surface area contributed by atoms with Gasteiger partial charge in [0.1, 0.15) is 5.82 Å². The Morgan fingerprint density at radius 1 is 1.05 bits per heavy atom. The first-order valence-electron chi connectivity index (χ1n) is 5.82. The van der Waals surface area contributed by atoms with Gasteiger partial charge in [-0.3, -0.25) is 0 Å². The molecule has 102 valence electrons. The summed E-state index contributed by atoms with van der Waals surface area (Å²) in [4.78, 5) is 0. The van der Waals surface area contributed by atoms with E-state index in [1.165, 1.54) is 12.1 Å². The highest BCUT2D eigenvalue weighted by Crippen LogP contribution is 2.41. The Morgan fingerprint density at radius 3 is 2.65 bits per heavy atom. The van der Waals surface area contributed by atoms with Crippen molar-refractivity contribution in [2.45, 2.75) is 5.38 Å². The molecule has 0 N–H and O–H groups in total. The first-order valence-corrected chi connectivity index (χ1v) is 8.73. The first-order chi connectivity index (χ1) is 9.58. The predicted octanol–water partition coefficient (Wildman–Crippen LogP) is 6.89. The van der Waals surface area contributed by atoms with Crippen molar-refractivity contribution >= 4 is 64.9 Å². The van der Waals surface area contributed by atoms with Gasteiger partial charge in [0, 0.05) is 13.6 Å². The zero-order valence-electron chi connectivity index (χ0n) is 10.0. The molecule has 0 amide bonds. The van der Waals surface area contributed by atoms with E-state index in [2.05, 4.69) is 31.9 Å². The minimum atomic E-state index is -0.386. The third-order valence-corrected chi connectivity index (χ3v) is 6.25. The van der Waals surface area contributed by atoms with Crippen LogP contribution in [0.3, 0.4) is 0 Å². The molecule has 0 saturated heterocycles. The van der Waals surface area contributed by atoms with Crippen LogP contribution in [0, 0.1) is 5.82 Å². The van der Waals surface area contributed by atoms with Gasteiger partial charge in [-0.05, 0) is 62.1 Å². The zero-order valence-corrected chi connectivity index (χ0v) is 14.8. The van der Waals surface area contributed by atoms with Gasteiger partial charge in [0.2, 0.25) is 0 Å². The predicted molar refractivity (Wildman–Crippen MR) is 91.3 cm³/mol. The molecule has 1 unspecified atom stereocenters. The Hall–Kier alpha value is -0.420. The van der Waals surface area contributed by atoms with E-state index in [9.17, 15) is 4.39 Å². The number of rotatable bonds is 2. The number of hydrogen-bond donors (Lipinski definition) is 0. The van der Waals surface area contributed by atoms with Crippen LogP contribution < -0.4 is 0 Å². The van der Waals surface area contributed by atoms with E-state index < -0.39 is 0 Å². The van der Waals surface area contributed by atoms with Crippen LogP contribution in [0.5, 0.6) is 0 Å². The molecule has 0 fully saturated rings. The molecule has 1 aromatic heterocycles. The van der Waals surface area contributed by atoms with Gasteiger partial charge in [0.15, 0.2) is 0 Å². The zero-order chi connectivity index (χ0) is 14.3. The van der Waals surface area contributed by atoms with Gasteiger partial charge in [0.25, 0.3) is 0 Å². The Bertz CT molecular complexity index is 785. The Morgan fingerprint density at radius 2 is 1.85 bits per heavy atom. The van der Waals surface area contributed by atoms with Crippen LogP contribution in [0.25, 0.3) is 10.1 Å². The molecule has 0 bridgehead atoms. The summed E-state index contributed by atoms with van der Waals surface area (Å²) in [6, 6.07) is 10.6. The smallest absolute Gasteiger partial charge is 0.123 e. The molecule has 20 heavy (non-hydrogen) atoms. The fraction of sp³-hybridized carbons (Fsp3) is 0.0667. The minimum absolute atomic E-state index is 0.283. The van der Waals surface area contributed by atoms with Crippen molar-refractivity contribution < 1.29 is 4.39 Å². The molecule has 0 aliphatic rings. The van der Waals surface area contributed by atoms with Crippen molar-refractivity contribution in [3.05, 3.63) is 67.7 Å². The third kappa shape index (κ3) is 2.54. The molecule has 2 aromatic carbocycles. The van der Waals surface area contributed by atoms with Crippen LogP contribution in [-0.2, 0) is 0 Å². The average Bonchev–Trinajstić information content (AvgIpc) is 2.86. The lowest BCUT2D eigenvalue weighted by Crippen LogP contribution is -1.94. The molecule has 0 aliphatic heterocycles. The summed E-state index contributed by atoms with van der Waals surface area (Å²) in [6.07, 6.45) is 0. The molecule has 0 aliphatic carbocycles. The van der Waals surface area contributed by atoms with Gasteiger partial charge in [-0.2, -0.15) is 0 Å². The van der Waals surface area contributed by atoms with Crippen LogP contribution in [-0.4, -0.2) is 0 Å². The highest BCUT2D eigenvalue weighted by molar-refractivity contribution is 9.11. The molecule has 0 radical (unpaired) electrons. The molecule has 3 rings (SSSR count). The van der Waals surface area contributed by atoms with Crippen molar-refractivity contribution in [1.29, 1.82) is 0 Å². The number of thiophene rings is 1. The second-order valence-electron chi connectivity index (χ2n) is 4.34. The Labute approximate surface area is 141 Å². The number of alkyl halides is 1. The summed E-state index contributed by atoms with van der Waals surface area (Å²) < 4.78 is 16.5. The molecule has 0 nitrogen and oxygen atoms in total. The van der Waals surface area contributed by atoms with E-state index >= 15 is 0 Å². The van der Waals surface area contributed by atoms with Crippen molar-refractivity contribution in [2.75, 3.05) is 0 Å². The van der Waals surface area contributed by atoms with Crippen molar-refractivity contribution in [1.82, 2.24) is 0 Å². The molecule has 1 atom stereocenters. The van der Waals surface area contributed by atoms with E-state index in [4.69, 9.17) is 11.6 Å². The van der Waals surface area contributed by atoms with Gasteiger partial charge in [-0.25, -0.2) is 4.39 Å².